The fourth-order valence-electron chi connectivity index (χ4n) is 2.08. The number of methoxy groups -OCH3 is 1. The molecule has 0 aliphatic heterocycles. The minimum Gasteiger partial charge on any atom is -0.497 e. The monoisotopic (exact) mass is 364 g/mol. The lowest BCUT2D eigenvalue weighted by atomic mass is 10.0. The van der Waals surface area contributed by atoms with Crippen LogP contribution in [0.4, 0.5) is 5.88 Å². The molecule has 2 aromatic heterocycles. The summed E-state index contributed by atoms with van der Waals surface area (Å²) in [5, 5.41) is 4.12. The predicted molar refractivity (Wildman–Crippen MR) is 88.7 cm³/mol. The Morgan fingerprint density at radius 2 is 2.00 bits per heavy atom. The highest BCUT2D eigenvalue weighted by molar-refractivity contribution is 9.11. The van der Waals surface area contributed by atoms with Gasteiger partial charge in [0.2, 0.25) is 5.88 Å². The van der Waals surface area contributed by atoms with Crippen LogP contribution in [0, 0.1) is 6.92 Å². The van der Waals surface area contributed by atoms with Crippen LogP contribution in [0.15, 0.2) is 38.6 Å². The van der Waals surface area contributed by atoms with Crippen LogP contribution in [0.2, 0.25) is 0 Å². The van der Waals surface area contributed by atoms with Crippen LogP contribution in [0.3, 0.4) is 0 Å². The number of aromatic nitrogens is 1. The van der Waals surface area contributed by atoms with Crippen molar-refractivity contribution < 1.29 is 9.26 Å². The molecule has 3 rings (SSSR count). The Morgan fingerprint density at radius 1 is 1.29 bits per heavy atom. The SMILES string of the molecule is COc1ccc(-c2c(-c3cc(C)c(Br)s3)noc2N)cc1. The van der Waals surface area contributed by atoms with Crippen LogP contribution in [-0.2, 0) is 0 Å². The average molecular weight is 365 g/mol. The molecule has 0 saturated heterocycles. The molecule has 21 heavy (non-hydrogen) atoms. The third kappa shape index (κ3) is 2.56. The summed E-state index contributed by atoms with van der Waals surface area (Å²) < 4.78 is 11.5. The number of nitrogens with zero attached hydrogens (tertiary/aromatic N) is 1. The second kappa shape index (κ2) is 5.54. The van der Waals surface area contributed by atoms with Crippen LogP contribution in [0.25, 0.3) is 21.7 Å². The maximum Gasteiger partial charge on any atom is 0.230 e. The number of halogens is 1. The van der Waals surface area contributed by atoms with Crippen molar-refractivity contribution in [1.29, 1.82) is 0 Å². The third-order valence-corrected chi connectivity index (χ3v) is 5.33. The number of ether oxygens (including phenoxy) is 1. The zero-order valence-electron chi connectivity index (χ0n) is 11.5. The molecular formula is C15H13BrN2O2S. The summed E-state index contributed by atoms with van der Waals surface area (Å²) in [6, 6.07) is 9.74. The Hall–Kier alpha value is -1.79. The molecule has 0 aliphatic carbocycles. The number of rotatable bonds is 3. The molecule has 0 saturated carbocycles. The van der Waals surface area contributed by atoms with Crippen molar-refractivity contribution in [2.45, 2.75) is 6.92 Å². The van der Waals surface area contributed by atoms with Crippen LogP contribution in [0.1, 0.15) is 5.56 Å². The number of nitrogen functional groups attached to an aromatic ring is 1. The number of thiophene rings is 1. The lowest BCUT2D eigenvalue weighted by Crippen LogP contribution is -1.88. The quantitative estimate of drug-likeness (QED) is 0.729. The molecule has 1 aromatic carbocycles. The van der Waals surface area contributed by atoms with Crippen LogP contribution in [-0.4, -0.2) is 12.3 Å². The number of hydrogen-bond donors (Lipinski definition) is 1. The summed E-state index contributed by atoms with van der Waals surface area (Å²) in [5.41, 5.74) is 9.65. The molecule has 0 spiro atoms. The van der Waals surface area contributed by atoms with Gasteiger partial charge in [0, 0.05) is 0 Å². The van der Waals surface area contributed by atoms with E-state index in [2.05, 4.69) is 27.2 Å². The Balaban J connectivity index is 2.11. The van der Waals surface area contributed by atoms with E-state index in [1.807, 2.05) is 31.2 Å². The van der Waals surface area contributed by atoms with Gasteiger partial charge < -0.3 is 15.0 Å². The predicted octanol–water partition coefficient (Wildman–Crippen LogP) is 4.73. The Labute approximate surface area is 134 Å². The highest BCUT2D eigenvalue weighted by atomic mass is 79.9. The minimum atomic E-state index is 0.317. The second-order valence-corrected chi connectivity index (χ2v) is 6.94. The standard InChI is InChI=1S/C15H13BrN2O2S/c1-8-7-11(21-14(8)16)13-12(15(17)20-18-13)9-3-5-10(19-2)6-4-9/h3-7H,17H2,1-2H3. The first kappa shape index (κ1) is 14.2. The number of anilines is 1. The fourth-order valence-corrected chi connectivity index (χ4v) is 3.61. The molecule has 0 aliphatic rings. The number of aryl methyl sites for hydroxylation is 1. The topological polar surface area (TPSA) is 61.3 Å². The molecule has 2 heterocycles. The molecular weight excluding hydrogens is 352 g/mol. The van der Waals surface area contributed by atoms with Crippen molar-refractivity contribution in [2.75, 3.05) is 12.8 Å². The minimum absolute atomic E-state index is 0.317. The van der Waals surface area contributed by atoms with Gasteiger partial charge in [0.25, 0.3) is 0 Å². The fraction of sp³-hybridized carbons (Fsp3) is 0.133. The summed E-state index contributed by atoms with van der Waals surface area (Å²) in [5.74, 6) is 1.11. The van der Waals surface area contributed by atoms with Crippen molar-refractivity contribution >= 4 is 33.2 Å². The lowest BCUT2D eigenvalue weighted by molar-refractivity contribution is 0.415. The van der Waals surface area contributed by atoms with E-state index in [4.69, 9.17) is 15.0 Å². The maximum atomic E-state index is 5.96. The van der Waals surface area contributed by atoms with Gasteiger partial charge in [-0.1, -0.05) is 17.3 Å². The van der Waals surface area contributed by atoms with E-state index in [9.17, 15) is 0 Å². The third-order valence-electron chi connectivity index (χ3n) is 3.19. The molecule has 0 radical (unpaired) electrons. The first-order valence-corrected chi connectivity index (χ1v) is 7.87. The van der Waals surface area contributed by atoms with Crippen molar-refractivity contribution in [3.8, 4) is 27.4 Å². The van der Waals surface area contributed by atoms with E-state index in [0.29, 0.717) is 5.88 Å². The number of nitrogens with two attached hydrogens (primary N) is 1. The summed E-state index contributed by atoms with van der Waals surface area (Å²) in [7, 11) is 1.64. The summed E-state index contributed by atoms with van der Waals surface area (Å²) in [6.07, 6.45) is 0. The van der Waals surface area contributed by atoms with Crippen molar-refractivity contribution in [3.63, 3.8) is 0 Å². The zero-order chi connectivity index (χ0) is 15.0. The van der Waals surface area contributed by atoms with Gasteiger partial charge in [0.15, 0.2) is 0 Å². The molecule has 0 amide bonds. The van der Waals surface area contributed by atoms with Gasteiger partial charge >= 0.3 is 0 Å². The zero-order valence-corrected chi connectivity index (χ0v) is 13.9. The molecule has 3 aromatic rings. The average Bonchev–Trinajstić information content (AvgIpc) is 3.02. The Morgan fingerprint density at radius 3 is 2.57 bits per heavy atom. The van der Waals surface area contributed by atoms with Gasteiger partial charge in [0.05, 0.1) is 21.3 Å². The smallest absolute Gasteiger partial charge is 0.230 e. The molecule has 4 nitrogen and oxygen atoms in total. The van der Waals surface area contributed by atoms with Gasteiger partial charge in [-0.25, -0.2) is 0 Å². The highest BCUT2D eigenvalue weighted by Gasteiger charge is 2.19. The molecule has 0 bridgehead atoms. The molecule has 0 atom stereocenters. The van der Waals surface area contributed by atoms with Crippen molar-refractivity contribution in [3.05, 3.63) is 39.7 Å². The number of hydrogen-bond acceptors (Lipinski definition) is 5. The first-order valence-electron chi connectivity index (χ1n) is 6.26. The van der Waals surface area contributed by atoms with Crippen molar-refractivity contribution in [2.24, 2.45) is 0 Å². The van der Waals surface area contributed by atoms with Gasteiger partial charge in [-0.05, 0) is 52.2 Å². The van der Waals surface area contributed by atoms with Gasteiger partial charge in [-0.3, -0.25) is 0 Å². The number of benzene rings is 1. The lowest BCUT2D eigenvalue weighted by Gasteiger charge is -2.03. The second-order valence-electron chi connectivity index (χ2n) is 4.57. The molecule has 108 valence electrons. The molecule has 0 unspecified atom stereocenters. The van der Waals surface area contributed by atoms with Crippen molar-refractivity contribution in [1.82, 2.24) is 5.16 Å². The summed E-state index contributed by atoms with van der Waals surface area (Å²) in [4.78, 5) is 1.02. The van der Waals surface area contributed by atoms with E-state index in [1.165, 1.54) is 0 Å². The van der Waals surface area contributed by atoms with Gasteiger partial charge in [0.1, 0.15) is 11.4 Å². The maximum absolute atomic E-state index is 5.96. The van der Waals surface area contributed by atoms with E-state index in [-0.39, 0.29) is 0 Å². The highest BCUT2D eigenvalue weighted by Crippen LogP contribution is 2.41. The normalized spacial score (nSPS) is 10.8. The van der Waals surface area contributed by atoms with E-state index < -0.39 is 0 Å². The van der Waals surface area contributed by atoms with Crippen LogP contribution < -0.4 is 10.5 Å². The first-order chi connectivity index (χ1) is 10.1. The molecule has 0 fully saturated rings. The van der Waals surface area contributed by atoms with E-state index in [0.717, 1.165) is 36.8 Å². The molecule has 6 heteroatoms. The Bertz CT molecular complexity index is 758. The van der Waals surface area contributed by atoms with Crippen LogP contribution >= 0.6 is 27.3 Å². The van der Waals surface area contributed by atoms with Crippen LogP contribution in [0.5, 0.6) is 5.75 Å². The molecule has 2 N–H and O–H groups in total. The summed E-state index contributed by atoms with van der Waals surface area (Å²) >= 11 is 5.14. The van der Waals surface area contributed by atoms with Gasteiger partial charge in [-0.15, -0.1) is 11.3 Å². The Kier molecular flexibility index (Phi) is 3.73. The summed E-state index contributed by atoms with van der Waals surface area (Å²) in [6.45, 7) is 2.04. The largest absolute Gasteiger partial charge is 0.497 e. The van der Waals surface area contributed by atoms with E-state index >= 15 is 0 Å². The van der Waals surface area contributed by atoms with E-state index in [1.54, 1.807) is 18.4 Å². The van der Waals surface area contributed by atoms with Gasteiger partial charge in [-0.2, -0.15) is 0 Å².